The normalized spacial score (nSPS) is 19.0. The van der Waals surface area contributed by atoms with Crippen molar-refractivity contribution in [1.82, 2.24) is 20.1 Å². The minimum absolute atomic E-state index is 0.0305. The SMILES string of the molecule is CN(C)CCCN1C(=S)N[C@H](c2ccccn2)[C@H]1c1ccc(-c2ccccc2)o1. The first kappa shape index (κ1) is 19.6. The van der Waals surface area contributed by atoms with E-state index in [0.29, 0.717) is 0 Å². The maximum absolute atomic E-state index is 6.33. The molecule has 0 unspecified atom stereocenters. The third-order valence-corrected chi connectivity index (χ3v) is 5.53. The molecule has 29 heavy (non-hydrogen) atoms. The minimum atomic E-state index is -0.0437. The number of hydrogen-bond donors (Lipinski definition) is 1. The van der Waals surface area contributed by atoms with Gasteiger partial charge in [-0.3, -0.25) is 4.98 Å². The van der Waals surface area contributed by atoms with E-state index in [0.717, 1.165) is 47.4 Å². The van der Waals surface area contributed by atoms with Crippen LogP contribution in [-0.4, -0.2) is 47.1 Å². The third kappa shape index (κ3) is 4.33. The molecule has 150 valence electrons. The highest BCUT2D eigenvalue weighted by Crippen LogP contribution is 2.40. The third-order valence-electron chi connectivity index (χ3n) is 5.18. The Hall–Kier alpha value is -2.70. The van der Waals surface area contributed by atoms with Crippen LogP contribution < -0.4 is 5.32 Å². The summed E-state index contributed by atoms with van der Waals surface area (Å²) in [6.45, 7) is 1.87. The number of thiocarbonyl (C=S) groups is 1. The Balaban J connectivity index is 1.66. The molecule has 2 atom stereocenters. The highest BCUT2D eigenvalue weighted by Gasteiger charge is 2.41. The van der Waals surface area contributed by atoms with E-state index in [1.807, 2.05) is 48.7 Å². The number of benzene rings is 1. The van der Waals surface area contributed by atoms with Gasteiger partial charge in [0.2, 0.25) is 0 Å². The summed E-state index contributed by atoms with van der Waals surface area (Å²) in [5, 5.41) is 4.23. The number of furan rings is 1. The molecule has 3 heterocycles. The number of nitrogens with zero attached hydrogens (tertiary/aromatic N) is 3. The van der Waals surface area contributed by atoms with Crippen molar-refractivity contribution in [3.63, 3.8) is 0 Å². The molecule has 6 heteroatoms. The first-order valence-electron chi connectivity index (χ1n) is 9.91. The second kappa shape index (κ2) is 8.76. The summed E-state index contributed by atoms with van der Waals surface area (Å²) in [5.41, 5.74) is 2.04. The summed E-state index contributed by atoms with van der Waals surface area (Å²) < 4.78 is 6.33. The largest absolute Gasteiger partial charge is 0.459 e. The van der Waals surface area contributed by atoms with Crippen LogP contribution in [-0.2, 0) is 0 Å². The fourth-order valence-electron chi connectivity index (χ4n) is 3.78. The zero-order valence-corrected chi connectivity index (χ0v) is 17.6. The average molecular weight is 407 g/mol. The molecule has 1 aromatic carbocycles. The van der Waals surface area contributed by atoms with Crippen molar-refractivity contribution in [1.29, 1.82) is 0 Å². The summed E-state index contributed by atoms with van der Waals surface area (Å²) in [7, 11) is 4.18. The van der Waals surface area contributed by atoms with Crippen LogP contribution in [0.5, 0.6) is 0 Å². The first-order chi connectivity index (χ1) is 14.1. The molecule has 0 saturated carbocycles. The van der Waals surface area contributed by atoms with Gasteiger partial charge in [0, 0.05) is 18.3 Å². The van der Waals surface area contributed by atoms with Crippen LogP contribution in [0.25, 0.3) is 11.3 Å². The molecule has 1 saturated heterocycles. The fraction of sp³-hybridized carbons (Fsp3) is 0.304. The van der Waals surface area contributed by atoms with Crippen LogP contribution in [0.15, 0.2) is 71.3 Å². The second-order valence-electron chi connectivity index (χ2n) is 7.54. The maximum atomic E-state index is 6.33. The molecule has 0 radical (unpaired) electrons. The van der Waals surface area contributed by atoms with Crippen molar-refractivity contribution >= 4 is 17.3 Å². The number of nitrogens with one attached hydrogen (secondary N) is 1. The molecule has 1 fully saturated rings. The van der Waals surface area contributed by atoms with Gasteiger partial charge in [-0.05, 0) is 63.5 Å². The molecule has 0 amide bonds. The van der Waals surface area contributed by atoms with Crippen LogP contribution in [0.2, 0.25) is 0 Å². The Bertz CT molecular complexity index is 942. The van der Waals surface area contributed by atoms with Crippen molar-refractivity contribution in [2.24, 2.45) is 0 Å². The van der Waals surface area contributed by atoms with Crippen molar-refractivity contribution in [3.05, 3.63) is 78.3 Å². The second-order valence-corrected chi connectivity index (χ2v) is 7.93. The lowest BCUT2D eigenvalue weighted by atomic mass is 10.0. The van der Waals surface area contributed by atoms with E-state index in [1.165, 1.54) is 0 Å². The van der Waals surface area contributed by atoms with Crippen molar-refractivity contribution in [2.45, 2.75) is 18.5 Å². The highest BCUT2D eigenvalue weighted by molar-refractivity contribution is 7.80. The highest BCUT2D eigenvalue weighted by atomic mass is 32.1. The average Bonchev–Trinajstić information content (AvgIpc) is 3.34. The molecule has 4 rings (SSSR count). The van der Waals surface area contributed by atoms with Gasteiger partial charge in [0.05, 0.1) is 11.7 Å². The predicted octanol–water partition coefficient (Wildman–Crippen LogP) is 4.27. The summed E-state index contributed by atoms with van der Waals surface area (Å²) in [5.74, 6) is 1.77. The molecule has 1 aliphatic heterocycles. The zero-order chi connectivity index (χ0) is 20.2. The van der Waals surface area contributed by atoms with Gasteiger partial charge < -0.3 is 19.5 Å². The zero-order valence-electron chi connectivity index (χ0n) is 16.8. The molecule has 0 aliphatic carbocycles. The molecule has 1 N–H and O–H groups in total. The Morgan fingerprint density at radius 3 is 2.59 bits per heavy atom. The number of pyridine rings is 1. The van der Waals surface area contributed by atoms with E-state index in [2.05, 4.69) is 52.4 Å². The molecular formula is C23H26N4OS. The lowest BCUT2D eigenvalue weighted by Crippen LogP contribution is -2.32. The van der Waals surface area contributed by atoms with Gasteiger partial charge in [-0.1, -0.05) is 36.4 Å². The topological polar surface area (TPSA) is 44.5 Å². The number of rotatable bonds is 7. The van der Waals surface area contributed by atoms with Gasteiger partial charge in [0.1, 0.15) is 17.6 Å². The van der Waals surface area contributed by atoms with Gasteiger partial charge in [0.15, 0.2) is 5.11 Å². The van der Waals surface area contributed by atoms with Crippen LogP contribution >= 0.6 is 12.2 Å². The smallest absolute Gasteiger partial charge is 0.170 e. The van der Waals surface area contributed by atoms with Crippen molar-refractivity contribution < 1.29 is 4.42 Å². The van der Waals surface area contributed by atoms with E-state index in [9.17, 15) is 0 Å². The number of hydrogen-bond acceptors (Lipinski definition) is 4. The quantitative estimate of drug-likeness (QED) is 0.592. The van der Waals surface area contributed by atoms with Crippen LogP contribution in [0.1, 0.15) is 30.0 Å². The molecular weight excluding hydrogens is 380 g/mol. The van der Waals surface area contributed by atoms with Crippen LogP contribution in [0.4, 0.5) is 0 Å². The molecule has 3 aromatic rings. The summed E-state index contributed by atoms with van der Waals surface area (Å²) in [4.78, 5) is 9.01. The molecule has 2 aromatic heterocycles. The Kier molecular flexibility index (Phi) is 5.92. The predicted molar refractivity (Wildman–Crippen MR) is 119 cm³/mol. The van der Waals surface area contributed by atoms with E-state index >= 15 is 0 Å². The van der Waals surface area contributed by atoms with Crippen LogP contribution in [0, 0.1) is 0 Å². The monoisotopic (exact) mass is 406 g/mol. The maximum Gasteiger partial charge on any atom is 0.170 e. The summed E-state index contributed by atoms with van der Waals surface area (Å²) >= 11 is 5.71. The molecule has 0 bridgehead atoms. The van der Waals surface area contributed by atoms with E-state index in [1.54, 1.807) is 0 Å². The van der Waals surface area contributed by atoms with Gasteiger partial charge in [-0.15, -0.1) is 0 Å². The fourth-order valence-corrected chi connectivity index (χ4v) is 4.11. The van der Waals surface area contributed by atoms with Crippen molar-refractivity contribution in [3.8, 4) is 11.3 Å². The van der Waals surface area contributed by atoms with Gasteiger partial charge >= 0.3 is 0 Å². The molecule has 0 spiro atoms. The van der Waals surface area contributed by atoms with E-state index < -0.39 is 0 Å². The number of aromatic nitrogens is 1. The first-order valence-corrected chi connectivity index (χ1v) is 10.3. The summed E-state index contributed by atoms with van der Waals surface area (Å²) in [6.07, 6.45) is 2.84. The Labute approximate surface area is 177 Å². The van der Waals surface area contributed by atoms with Crippen molar-refractivity contribution in [2.75, 3.05) is 27.2 Å². The van der Waals surface area contributed by atoms with Gasteiger partial charge in [-0.25, -0.2) is 0 Å². The summed E-state index contributed by atoms with van der Waals surface area (Å²) in [6, 6.07) is 20.2. The molecule has 5 nitrogen and oxygen atoms in total. The van der Waals surface area contributed by atoms with E-state index in [-0.39, 0.29) is 12.1 Å². The Morgan fingerprint density at radius 1 is 1.07 bits per heavy atom. The lowest BCUT2D eigenvalue weighted by Gasteiger charge is -2.26. The lowest BCUT2D eigenvalue weighted by molar-refractivity contribution is 0.261. The minimum Gasteiger partial charge on any atom is -0.459 e. The molecule has 1 aliphatic rings. The Morgan fingerprint density at radius 2 is 1.86 bits per heavy atom. The van der Waals surface area contributed by atoms with Crippen LogP contribution in [0.3, 0.4) is 0 Å². The van der Waals surface area contributed by atoms with Gasteiger partial charge in [0.25, 0.3) is 0 Å². The van der Waals surface area contributed by atoms with Gasteiger partial charge in [-0.2, -0.15) is 0 Å². The van der Waals surface area contributed by atoms with E-state index in [4.69, 9.17) is 16.6 Å². The standard InChI is InChI=1S/C23H26N4OS/c1-26(2)15-8-16-27-22(21(25-23(27)29)18-11-6-7-14-24-18)20-13-12-19(28-20)17-9-4-3-5-10-17/h3-7,9-14,21-22H,8,15-16H2,1-2H3,(H,25,29)/t21-,22-/m1/s1.